The number of halogens is 3. The molecule has 1 heterocycles. The van der Waals surface area contributed by atoms with E-state index in [9.17, 15) is 36.3 Å². The second-order valence-corrected chi connectivity index (χ2v) is 15.1. The molecule has 1 aromatic heterocycles. The van der Waals surface area contributed by atoms with Crippen LogP contribution in [0.4, 0.5) is 8.78 Å². The molecular formula is C29H23BrF2N3O8PS2. The number of alkyl halides is 2. The fourth-order valence-corrected chi connectivity index (χ4v) is 7.66. The first kappa shape index (κ1) is 33.7. The highest BCUT2D eigenvalue weighted by atomic mass is 79.9. The Kier molecular flexibility index (Phi) is 9.70. The Morgan fingerprint density at radius 2 is 1.61 bits per heavy atom. The zero-order valence-electron chi connectivity index (χ0n) is 23.3. The molecule has 0 amide bonds. The van der Waals surface area contributed by atoms with E-state index in [0.717, 1.165) is 11.6 Å². The van der Waals surface area contributed by atoms with Crippen LogP contribution in [-0.2, 0) is 38.1 Å². The van der Waals surface area contributed by atoms with Crippen LogP contribution in [0.3, 0.4) is 0 Å². The van der Waals surface area contributed by atoms with Gasteiger partial charge in [-0.3, -0.25) is 4.57 Å². The highest BCUT2D eigenvalue weighted by Crippen LogP contribution is 2.60. The summed E-state index contributed by atoms with van der Waals surface area (Å²) < 4.78 is 78.7. The minimum absolute atomic E-state index is 0.0882. The molecule has 17 heteroatoms. The van der Waals surface area contributed by atoms with Gasteiger partial charge in [-0.05, 0) is 75.9 Å². The van der Waals surface area contributed by atoms with Gasteiger partial charge in [-0.25, -0.2) is 13.2 Å². The summed E-state index contributed by atoms with van der Waals surface area (Å²) in [6, 6.07) is 19.2. The summed E-state index contributed by atoms with van der Waals surface area (Å²) in [6.07, 6.45) is 0. The molecule has 0 fully saturated rings. The Labute approximate surface area is 273 Å². The van der Waals surface area contributed by atoms with Crippen LogP contribution < -0.4 is 4.74 Å². The number of sulfonamides is 1. The van der Waals surface area contributed by atoms with E-state index in [1.807, 2.05) is 0 Å². The zero-order valence-corrected chi connectivity index (χ0v) is 27.4. The number of carboxylic acid groups (broad SMARTS) is 1. The van der Waals surface area contributed by atoms with E-state index in [0.29, 0.717) is 22.2 Å². The van der Waals surface area contributed by atoms with Crippen LogP contribution in [0, 0.1) is 0 Å². The van der Waals surface area contributed by atoms with Gasteiger partial charge in [0.05, 0.1) is 4.90 Å². The average Bonchev–Trinajstić information content (AvgIpc) is 3.55. The van der Waals surface area contributed by atoms with Gasteiger partial charge in [0.1, 0.15) is 11.4 Å². The first-order valence-electron chi connectivity index (χ1n) is 13.1. The van der Waals surface area contributed by atoms with E-state index >= 15 is 0 Å². The Morgan fingerprint density at radius 3 is 2.22 bits per heavy atom. The van der Waals surface area contributed by atoms with Crippen LogP contribution in [0.5, 0.6) is 5.75 Å². The third kappa shape index (κ3) is 7.33. The Morgan fingerprint density at radius 1 is 0.957 bits per heavy atom. The average molecular weight is 755 g/mol. The number of rotatable bonds is 12. The summed E-state index contributed by atoms with van der Waals surface area (Å²) in [5.74, 6) is -1.04. The van der Waals surface area contributed by atoms with E-state index in [1.54, 1.807) is 41.8 Å². The second-order valence-electron chi connectivity index (χ2n) is 10.0. The lowest BCUT2D eigenvalue weighted by Crippen LogP contribution is -2.30. The molecule has 0 saturated heterocycles. The van der Waals surface area contributed by atoms with Crippen LogP contribution in [0.15, 0.2) is 93.6 Å². The second kappa shape index (κ2) is 13.2. The van der Waals surface area contributed by atoms with Crippen molar-refractivity contribution in [1.82, 2.24) is 13.9 Å². The number of fused-ring (bicyclic) bond motifs is 1. The largest absolute Gasteiger partial charge is 0.482 e. The summed E-state index contributed by atoms with van der Waals surface area (Å²) in [7, 11) is -10.1. The van der Waals surface area contributed by atoms with Crippen molar-refractivity contribution in [3.05, 3.63) is 105 Å². The molecule has 0 saturated carbocycles. The maximum Gasteiger partial charge on any atom is 0.399 e. The first-order chi connectivity index (χ1) is 21.6. The van der Waals surface area contributed by atoms with E-state index in [2.05, 4.69) is 25.5 Å². The van der Waals surface area contributed by atoms with Gasteiger partial charge >= 0.3 is 19.2 Å². The topological polar surface area (TPSA) is 167 Å². The summed E-state index contributed by atoms with van der Waals surface area (Å²) in [4.78, 5) is 29.3. The molecule has 11 nitrogen and oxygen atoms in total. The molecule has 0 bridgehead atoms. The third-order valence-electron chi connectivity index (χ3n) is 6.83. The zero-order chi connectivity index (χ0) is 33.3. The molecule has 46 heavy (non-hydrogen) atoms. The normalized spacial score (nSPS) is 12.5. The van der Waals surface area contributed by atoms with Crippen molar-refractivity contribution in [3.63, 3.8) is 0 Å². The maximum atomic E-state index is 14.7. The number of nitrogens with zero attached hydrogens (tertiary/aromatic N) is 3. The van der Waals surface area contributed by atoms with E-state index < -0.39 is 41.4 Å². The van der Waals surface area contributed by atoms with Gasteiger partial charge in [0.25, 0.3) is 0 Å². The molecule has 240 valence electrons. The third-order valence-corrected chi connectivity index (χ3v) is 10.8. The minimum Gasteiger partial charge on any atom is -0.482 e. The summed E-state index contributed by atoms with van der Waals surface area (Å²) in [5.41, 5.74) is -2.88. The van der Waals surface area contributed by atoms with E-state index in [1.165, 1.54) is 52.2 Å². The summed E-state index contributed by atoms with van der Waals surface area (Å²) in [5, 5.41) is 15.3. The SMILES string of the molecule is O=C(O)COc1ccc(S(=O)(=O)N(Cc2ccc(-c3csnn3)cc2)Cc2ccc3cc(Br)c(C(F)(F)P(=O)(O)O)cc3c2)cc1. The van der Waals surface area contributed by atoms with Crippen molar-refractivity contribution < 1.29 is 46.2 Å². The van der Waals surface area contributed by atoms with E-state index in [4.69, 9.17) is 9.84 Å². The number of aliphatic carboxylic acids is 1. The van der Waals surface area contributed by atoms with Crippen molar-refractivity contribution in [3.8, 4) is 17.0 Å². The molecule has 3 N–H and O–H groups in total. The Bertz CT molecular complexity index is 2040. The number of aromatic nitrogens is 2. The Balaban J connectivity index is 1.51. The van der Waals surface area contributed by atoms with Crippen LogP contribution in [0.1, 0.15) is 16.7 Å². The lowest BCUT2D eigenvalue weighted by molar-refractivity contribution is -0.139. The fraction of sp³-hybridized carbons (Fsp3) is 0.138. The summed E-state index contributed by atoms with van der Waals surface area (Å²) >= 11 is 4.17. The van der Waals surface area contributed by atoms with Crippen LogP contribution in [-0.4, -0.2) is 49.8 Å². The first-order valence-corrected chi connectivity index (χ1v) is 17.8. The standard InChI is InChI=1S/C29H23BrF2N3O8PS2/c30-26-13-21-6-3-19(11-22(21)12-25(26)29(31,32)44(38,39)40)15-35(14-18-1-4-20(5-2-18)27-17-45-34-33-27)46(41,42)24-9-7-23(8-10-24)43-16-28(36)37/h1-13,17H,14-16H2,(H,36,37)(H2,38,39,40). The Hall–Kier alpha value is -3.63. The van der Waals surface area contributed by atoms with Gasteiger partial charge in [0.2, 0.25) is 10.0 Å². The molecule has 5 aromatic rings. The van der Waals surface area contributed by atoms with Gasteiger partial charge in [-0.1, -0.05) is 56.8 Å². The lowest BCUT2D eigenvalue weighted by atomic mass is 10.0. The van der Waals surface area contributed by atoms with Gasteiger partial charge in [-0.2, -0.15) is 13.1 Å². The van der Waals surface area contributed by atoms with Crippen LogP contribution in [0.2, 0.25) is 0 Å². The van der Waals surface area contributed by atoms with Gasteiger partial charge in [-0.15, -0.1) is 5.10 Å². The number of carboxylic acids is 1. The van der Waals surface area contributed by atoms with Crippen molar-refractivity contribution in [2.24, 2.45) is 0 Å². The van der Waals surface area contributed by atoms with Crippen molar-refractivity contribution >= 4 is 61.8 Å². The molecule has 5 rings (SSSR count). The highest BCUT2D eigenvalue weighted by molar-refractivity contribution is 9.10. The quantitative estimate of drug-likeness (QED) is 0.125. The van der Waals surface area contributed by atoms with Gasteiger partial charge in [0, 0.05) is 34.1 Å². The number of hydrogen-bond donors (Lipinski definition) is 3. The van der Waals surface area contributed by atoms with Crippen molar-refractivity contribution in [2.45, 2.75) is 23.6 Å². The number of ether oxygens (including phenoxy) is 1. The number of benzene rings is 4. The van der Waals surface area contributed by atoms with Gasteiger partial charge in [0.15, 0.2) is 6.61 Å². The smallest absolute Gasteiger partial charge is 0.399 e. The predicted octanol–water partition coefficient (Wildman–Crippen LogP) is 6.20. The molecule has 4 aromatic carbocycles. The van der Waals surface area contributed by atoms with Gasteiger partial charge < -0.3 is 19.6 Å². The number of hydrogen-bond acceptors (Lipinski definition) is 8. The molecular weight excluding hydrogens is 731 g/mol. The molecule has 0 spiro atoms. The maximum absolute atomic E-state index is 14.7. The molecule has 0 aliphatic carbocycles. The summed E-state index contributed by atoms with van der Waals surface area (Å²) in [6.45, 7) is -0.895. The molecule has 0 radical (unpaired) electrons. The van der Waals surface area contributed by atoms with Crippen LogP contribution in [0.25, 0.3) is 22.0 Å². The molecule has 0 unspecified atom stereocenters. The highest BCUT2D eigenvalue weighted by Gasteiger charge is 2.51. The van der Waals surface area contributed by atoms with Crippen molar-refractivity contribution in [1.29, 1.82) is 0 Å². The molecule has 0 atom stereocenters. The molecule has 0 aliphatic heterocycles. The predicted molar refractivity (Wildman–Crippen MR) is 169 cm³/mol. The van der Waals surface area contributed by atoms with E-state index in [-0.39, 0.29) is 33.6 Å². The molecule has 0 aliphatic rings. The fourth-order valence-electron chi connectivity index (χ4n) is 4.51. The monoisotopic (exact) mass is 753 g/mol. The van der Waals surface area contributed by atoms with Crippen LogP contribution >= 0.6 is 35.1 Å². The number of carbonyl (C=O) groups is 1. The van der Waals surface area contributed by atoms with Crippen molar-refractivity contribution in [2.75, 3.05) is 6.61 Å². The lowest BCUT2D eigenvalue weighted by Gasteiger charge is -2.23. The minimum atomic E-state index is -5.85.